The SMILES string of the molecule is CN(CCc1ccccc1)C(=O)c1nc2sccn2c1CN1CCCOCC1. The molecule has 0 saturated carbocycles. The molecule has 1 aromatic carbocycles. The maximum Gasteiger partial charge on any atom is 0.274 e. The number of nitrogens with zero attached hydrogens (tertiary/aromatic N) is 4. The highest BCUT2D eigenvalue weighted by molar-refractivity contribution is 7.15. The maximum atomic E-state index is 13.2. The minimum atomic E-state index is -0.00657. The van der Waals surface area contributed by atoms with Crippen molar-refractivity contribution in [1.82, 2.24) is 19.2 Å². The molecule has 3 heterocycles. The van der Waals surface area contributed by atoms with Gasteiger partial charge < -0.3 is 9.64 Å². The molecule has 28 heavy (non-hydrogen) atoms. The van der Waals surface area contributed by atoms with Crippen molar-refractivity contribution in [2.45, 2.75) is 19.4 Å². The van der Waals surface area contributed by atoms with E-state index >= 15 is 0 Å². The lowest BCUT2D eigenvalue weighted by molar-refractivity contribution is 0.0789. The first-order valence-electron chi connectivity index (χ1n) is 9.76. The topological polar surface area (TPSA) is 50.1 Å². The van der Waals surface area contributed by atoms with Crippen molar-refractivity contribution >= 4 is 22.2 Å². The zero-order chi connectivity index (χ0) is 19.3. The molecule has 1 saturated heterocycles. The average molecular weight is 399 g/mol. The minimum Gasteiger partial charge on any atom is -0.380 e. The molecule has 0 spiro atoms. The van der Waals surface area contributed by atoms with E-state index in [1.165, 1.54) is 5.56 Å². The summed E-state index contributed by atoms with van der Waals surface area (Å²) >= 11 is 1.57. The number of aromatic nitrogens is 2. The summed E-state index contributed by atoms with van der Waals surface area (Å²) in [5.41, 5.74) is 2.79. The number of imidazole rings is 1. The van der Waals surface area contributed by atoms with E-state index in [0.29, 0.717) is 12.2 Å². The minimum absolute atomic E-state index is 0.00657. The Labute approximate surface area is 169 Å². The molecule has 6 nitrogen and oxygen atoms in total. The Balaban J connectivity index is 1.51. The third kappa shape index (κ3) is 4.27. The summed E-state index contributed by atoms with van der Waals surface area (Å²) in [6, 6.07) is 10.3. The fourth-order valence-electron chi connectivity index (χ4n) is 3.55. The van der Waals surface area contributed by atoms with Crippen LogP contribution in [0.3, 0.4) is 0 Å². The quantitative estimate of drug-likeness (QED) is 0.641. The number of benzene rings is 1. The van der Waals surface area contributed by atoms with Gasteiger partial charge in [-0.2, -0.15) is 0 Å². The Hall–Kier alpha value is -2.22. The van der Waals surface area contributed by atoms with Gasteiger partial charge in [0.1, 0.15) is 0 Å². The summed E-state index contributed by atoms with van der Waals surface area (Å²) in [4.78, 5) is 22.9. The number of ether oxygens (including phenoxy) is 1. The summed E-state index contributed by atoms with van der Waals surface area (Å²) in [7, 11) is 1.86. The average Bonchev–Trinajstić information content (AvgIpc) is 3.20. The van der Waals surface area contributed by atoms with Crippen LogP contribution < -0.4 is 0 Å². The van der Waals surface area contributed by atoms with Gasteiger partial charge >= 0.3 is 0 Å². The molecule has 1 aliphatic rings. The predicted octanol–water partition coefficient (Wildman–Crippen LogP) is 2.93. The molecule has 0 bridgehead atoms. The fourth-order valence-corrected chi connectivity index (χ4v) is 4.28. The molecule has 0 unspecified atom stereocenters. The molecule has 7 heteroatoms. The molecule has 148 valence electrons. The number of carbonyl (C=O) groups is 1. The van der Waals surface area contributed by atoms with Gasteiger partial charge in [0, 0.05) is 51.4 Å². The predicted molar refractivity (Wildman–Crippen MR) is 111 cm³/mol. The van der Waals surface area contributed by atoms with Gasteiger partial charge in [-0.05, 0) is 18.4 Å². The summed E-state index contributed by atoms with van der Waals surface area (Å²) < 4.78 is 7.63. The van der Waals surface area contributed by atoms with E-state index in [-0.39, 0.29) is 5.91 Å². The standard InChI is InChI=1S/C21H26N4O2S/c1-23(10-8-17-6-3-2-4-7-17)20(26)19-18(25-12-15-28-21(25)22-19)16-24-9-5-13-27-14-11-24/h2-4,6-7,12,15H,5,8-11,13-14,16H2,1H3. The van der Waals surface area contributed by atoms with E-state index in [4.69, 9.17) is 4.74 Å². The zero-order valence-electron chi connectivity index (χ0n) is 16.2. The van der Waals surface area contributed by atoms with E-state index in [0.717, 1.165) is 56.3 Å². The number of likely N-dealkylation sites (N-methyl/N-ethyl adjacent to an activating group) is 1. The zero-order valence-corrected chi connectivity index (χ0v) is 17.0. The normalized spacial score (nSPS) is 15.6. The molecule has 4 rings (SSSR count). The molecule has 3 aromatic rings. The number of amides is 1. The molecule has 0 atom stereocenters. The van der Waals surface area contributed by atoms with Gasteiger partial charge in [0.2, 0.25) is 0 Å². The first-order valence-corrected chi connectivity index (χ1v) is 10.6. The largest absolute Gasteiger partial charge is 0.380 e. The third-order valence-electron chi connectivity index (χ3n) is 5.18. The monoisotopic (exact) mass is 398 g/mol. The lowest BCUT2D eigenvalue weighted by Crippen LogP contribution is -2.32. The van der Waals surface area contributed by atoms with Crippen LogP contribution >= 0.6 is 11.3 Å². The van der Waals surface area contributed by atoms with Crippen LogP contribution in [0.2, 0.25) is 0 Å². The highest BCUT2D eigenvalue weighted by atomic mass is 32.1. The van der Waals surface area contributed by atoms with E-state index < -0.39 is 0 Å². The molecule has 0 N–H and O–H groups in total. The smallest absolute Gasteiger partial charge is 0.274 e. The van der Waals surface area contributed by atoms with Gasteiger partial charge in [-0.3, -0.25) is 14.1 Å². The number of hydrogen-bond acceptors (Lipinski definition) is 5. The third-order valence-corrected chi connectivity index (χ3v) is 5.93. The van der Waals surface area contributed by atoms with Crippen molar-refractivity contribution in [3.8, 4) is 0 Å². The molecular formula is C21H26N4O2S. The van der Waals surface area contributed by atoms with Crippen LogP contribution in [0.25, 0.3) is 4.96 Å². The van der Waals surface area contributed by atoms with Gasteiger partial charge in [0.15, 0.2) is 10.7 Å². The Morgan fingerprint density at radius 3 is 2.96 bits per heavy atom. The van der Waals surface area contributed by atoms with Gasteiger partial charge in [-0.1, -0.05) is 30.3 Å². The molecule has 1 fully saturated rings. The molecule has 1 amide bonds. The highest BCUT2D eigenvalue weighted by Gasteiger charge is 2.24. The number of fused-ring (bicyclic) bond motifs is 1. The van der Waals surface area contributed by atoms with Crippen LogP contribution in [0.4, 0.5) is 0 Å². The second-order valence-electron chi connectivity index (χ2n) is 7.17. The van der Waals surface area contributed by atoms with Gasteiger partial charge in [0.05, 0.1) is 12.3 Å². The van der Waals surface area contributed by atoms with Gasteiger partial charge in [-0.15, -0.1) is 11.3 Å². The lowest BCUT2D eigenvalue weighted by atomic mass is 10.1. The van der Waals surface area contributed by atoms with Crippen LogP contribution in [0, 0.1) is 0 Å². The molecular weight excluding hydrogens is 372 g/mol. The molecule has 1 aliphatic heterocycles. The van der Waals surface area contributed by atoms with Crippen molar-refractivity contribution in [2.24, 2.45) is 0 Å². The molecule has 0 aliphatic carbocycles. The highest BCUT2D eigenvalue weighted by Crippen LogP contribution is 2.21. The van der Waals surface area contributed by atoms with E-state index in [9.17, 15) is 4.79 Å². The van der Waals surface area contributed by atoms with Crippen LogP contribution in [-0.4, -0.2) is 65.0 Å². The Morgan fingerprint density at radius 2 is 2.11 bits per heavy atom. The Kier molecular flexibility index (Phi) is 6.04. The van der Waals surface area contributed by atoms with Crippen LogP contribution in [0.15, 0.2) is 41.9 Å². The first-order chi connectivity index (χ1) is 13.7. The van der Waals surface area contributed by atoms with Crippen LogP contribution in [-0.2, 0) is 17.7 Å². The first kappa shape index (κ1) is 19.1. The number of thiazole rings is 1. The molecule has 2 aromatic heterocycles. The van der Waals surface area contributed by atoms with E-state index in [1.54, 1.807) is 16.2 Å². The maximum absolute atomic E-state index is 13.2. The summed E-state index contributed by atoms with van der Waals surface area (Å²) in [5.74, 6) is -0.00657. The fraction of sp³-hybridized carbons (Fsp3) is 0.429. The van der Waals surface area contributed by atoms with Gasteiger partial charge in [0.25, 0.3) is 5.91 Å². The Morgan fingerprint density at radius 1 is 1.25 bits per heavy atom. The van der Waals surface area contributed by atoms with E-state index in [1.807, 2.05) is 36.8 Å². The second-order valence-corrected chi connectivity index (χ2v) is 8.04. The summed E-state index contributed by atoms with van der Waals surface area (Å²) in [6.07, 6.45) is 3.87. The number of hydrogen-bond donors (Lipinski definition) is 0. The van der Waals surface area contributed by atoms with Gasteiger partial charge in [-0.25, -0.2) is 4.98 Å². The Bertz CT molecular complexity index is 913. The number of carbonyl (C=O) groups excluding carboxylic acids is 1. The van der Waals surface area contributed by atoms with Crippen molar-refractivity contribution in [3.63, 3.8) is 0 Å². The van der Waals surface area contributed by atoms with Crippen LogP contribution in [0.5, 0.6) is 0 Å². The number of rotatable bonds is 6. The molecule has 0 radical (unpaired) electrons. The summed E-state index contributed by atoms with van der Waals surface area (Å²) in [6.45, 7) is 4.81. The van der Waals surface area contributed by atoms with Crippen molar-refractivity contribution in [1.29, 1.82) is 0 Å². The second kappa shape index (κ2) is 8.86. The van der Waals surface area contributed by atoms with Crippen LogP contribution in [0.1, 0.15) is 28.2 Å². The lowest BCUT2D eigenvalue weighted by Gasteiger charge is -2.21. The van der Waals surface area contributed by atoms with Crippen molar-refractivity contribution in [2.75, 3.05) is 39.9 Å². The van der Waals surface area contributed by atoms with Crippen molar-refractivity contribution in [3.05, 3.63) is 58.9 Å². The summed E-state index contributed by atoms with van der Waals surface area (Å²) in [5, 5.41) is 2.02. The van der Waals surface area contributed by atoms with E-state index in [2.05, 4.69) is 26.4 Å². The van der Waals surface area contributed by atoms with Crippen molar-refractivity contribution < 1.29 is 9.53 Å².